The number of halogens is 1. The summed E-state index contributed by atoms with van der Waals surface area (Å²) in [5.74, 6) is 1.67. The molecule has 2 unspecified atom stereocenters. The van der Waals surface area contributed by atoms with Gasteiger partial charge in [-0.2, -0.15) is 0 Å². The molecule has 0 fully saturated rings. The van der Waals surface area contributed by atoms with Crippen LogP contribution in [0.4, 0.5) is 0 Å². The monoisotopic (exact) mass is 457 g/mol. The van der Waals surface area contributed by atoms with E-state index < -0.39 is 0 Å². The van der Waals surface area contributed by atoms with Crippen LogP contribution in [0.3, 0.4) is 0 Å². The van der Waals surface area contributed by atoms with Crippen LogP contribution in [0.25, 0.3) is 0 Å². The van der Waals surface area contributed by atoms with Crippen molar-refractivity contribution in [1.29, 1.82) is 0 Å². The lowest BCUT2D eigenvalue weighted by Gasteiger charge is -2.13. The second kappa shape index (κ2) is 10.6. The van der Waals surface area contributed by atoms with Crippen molar-refractivity contribution in [3.8, 4) is 11.5 Å². The van der Waals surface area contributed by atoms with Crippen LogP contribution in [0.2, 0.25) is 0 Å². The van der Waals surface area contributed by atoms with Crippen LogP contribution in [-0.2, 0) is 9.47 Å². The van der Waals surface area contributed by atoms with Gasteiger partial charge in [0.05, 0.1) is 0 Å². The second-order valence-corrected chi connectivity index (χ2v) is 8.31. The molecule has 0 spiro atoms. The summed E-state index contributed by atoms with van der Waals surface area (Å²) in [5, 5.41) is 0. The molecule has 0 amide bonds. The fourth-order valence-electron chi connectivity index (χ4n) is 2.20. The van der Waals surface area contributed by atoms with E-state index in [1.165, 1.54) is 7.14 Å². The fraction of sp³-hybridized carbons (Fsp3) is 0.400. The molecule has 0 saturated carbocycles. The van der Waals surface area contributed by atoms with Crippen LogP contribution in [0.1, 0.15) is 27.7 Å². The first-order chi connectivity index (χ1) is 12.1. The maximum atomic E-state index is 5.69. The van der Waals surface area contributed by atoms with Crippen LogP contribution in [-0.4, -0.2) is 25.8 Å². The largest absolute Gasteiger partial charge is 0.465 e. The molecule has 0 aliphatic rings. The Morgan fingerprint density at radius 1 is 0.680 bits per heavy atom. The minimum absolute atomic E-state index is 0.225. The van der Waals surface area contributed by atoms with Crippen molar-refractivity contribution in [1.82, 2.24) is 0 Å². The molecule has 2 aromatic carbocycles. The average molecular weight is 457 g/mol. The summed E-state index contributed by atoms with van der Waals surface area (Å²) in [5.41, 5.74) is 0. The van der Waals surface area contributed by atoms with E-state index in [2.05, 4.69) is 24.3 Å². The van der Waals surface area contributed by atoms with Gasteiger partial charge in [0.25, 0.3) is 0 Å². The molecule has 0 heterocycles. The molecule has 136 valence electrons. The summed E-state index contributed by atoms with van der Waals surface area (Å²) in [4.78, 5) is 0. The molecule has 25 heavy (non-hydrogen) atoms. The quantitative estimate of drug-likeness (QED) is 0.399. The Balaban J connectivity index is 1.89. The highest BCUT2D eigenvalue weighted by Gasteiger charge is 2.16. The Morgan fingerprint density at radius 3 is 1.36 bits per heavy atom. The molecule has 2 aromatic rings. The van der Waals surface area contributed by atoms with Gasteiger partial charge < -0.3 is 18.9 Å². The van der Waals surface area contributed by atoms with Crippen LogP contribution >= 0.6 is 0 Å². The van der Waals surface area contributed by atoms with Gasteiger partial charge in [0.15, 0.2) is 19.7 Å². The minimum Gasteiger partial charge on any atom is -0.465 e. The minimum atomic E-state index is -0.227. The van der Waals surface area contributed by atoms with E-state index in [0.29, 0.717) is 13.2 Å². The molecule has 0 aromatic heterocycles. The molecule has 0 N–H and O–H groups in total. The fourth-order valence-corrected chi connectivity index (χ4v) is 4.36. The van der Waals surface area contributed by atoms with Crippen molar-refractivity contribution < 1.29 is 40.2 Å². The summed E-state index contributed by atoms with van der Waals surface area (Å²) in [7, 11) is 0. The SMILES string of the molecule is CCOC(C)Oc1ccc([I+]c2ccc(OC(C)OCC)cc2)cc1. The zero-order valence-electron chi connectivity index (χ0n) is 15.2. The van der Waals surface area contributed by atoms with Crippen molar-refractivity contribution >= 4 is 0 Å². The summed E-state index contributed by atoms with van der Waals surface area (Å²) in [6.07, 6.45) is -0.450. The van der Waals surface area contributed by atoms with Gasteiger partial charge >= 0.3 is 21.2 Å². The van der Waals surface area contributed by atoms with Crippen molar-refractivity contribution in [2.24, 2.45) is 0 Å². The Kier molecular flexibility index (Phi) is 8.51. The van der Waals surface area contributed by atoms with Crippen molar-refractivity contribution in [3.05, 3.63) is 55.7 Å². The summed E-state index contributed by atoms with van der Waals surface area (Å²) in [6.45, 7) is 9.02. The Labute approximate surface area is 160 Å². The van der Waals surface area contributed by atoms with Gasteiger partial charge in [-0.1, -0.05) is 0 Å². The molecule has 5 heteroatoms. The first kappa shape index (κ1) is 20.0. The van der Waals surface area contributed by atoms with E-state index in [1.54, 1.807) is 0 Å². The van der Waals surface area contributed by atoms with Gasteiger partial charge in [0, 0.05) is 13.2 Å². The van der Waals surface area contributed by atoms with E-state index in [9.17, 15) is 0 Å². The van der Waals surface area contributed by atoms with Gasteiger partial charge in [-0.05, 0) is 76.2 Å². The van der Waals surface area contributed by atoms with Gasteiger partial charge in [-0.15, -0.1) is 0 Å². The lowest BCUT2D eigenvalue weighted by molar-refractivity contribution is -0.597. The van der Waals surface area contributed by atoms with Gasteiger partial charge in [-0.3, -0.25) is 0 Å². The average Bonchev–Trinajstić information content (AvgIpc) is 2.59. The third-order valence-electron chi connectivity index (χ3n) is 3.25. The van der Waals surface area contributed by atoms with Gasteiger partial charge in [0.1, 0.15) is 11.5 Å². The molecular weight excluding hydrogens is 431 g/mol. The number of ether oxygens (including phenoxy) is 4. The number of rotatable bonds is 10. The van der Waals surface area contributed by atoms with Crippen molar-refractivity contribution in [2.75, 3.05) is 13.2 Å². The highest BCUT2D eigenvalue weighted by atomic mass is 127. The van der Waals surface area contributed by atoms with Crippen molar-refractivity contribution in [2.45, 2.75) is 40.3 Å². The topological polar surface area (TPSA) is 36.9 Å². The van der Waals surface area contributed by atoms with E-state index >= 15 is 0 Å². The molecule has 4 nitrogen and oxygen atoms in total. The molecule has 0 saturated heterocycles. The Hall–Kier alpha value is -1.31. The van der Waals surface area contributed by atoms with E-state index in [4.69, 9.17) is 18.9 Å². The van der Waals surface area contributed by atoms with Crippen LogP contribution in [0.15, 0.2) is 48.5 Å². The molecule has 2 atom stereocenters. The standard InChI is InChI=1S/C20H26IO4/c1-5-22-15(3)24-19-11-7-17(8-12-19)21-18-9-13-20(14-10-18)25-16(4)23-6-2/h7-16H,5-6H2,1-4H3/q+1. The highest BCUT2D eigenvalue weighted by molar-refractivity contribution is 5.22. The predicted molar refractivity (Wildman–Crippen MR) is 93.7 cm³/mol. The van der Waals surface area contributed by atoms with Gasteiger partial charge in [-0.25, -0.2) is 0 Å². The lowest BCUT2D eigenvalue weighted by atomic mass is 10.3. The second-order valence-electron chi connectivity index (χ2n) is 5.28. The molecule has 0 aliphatic heterocycles. The molecule has 0 aliphatic carbocycles. The van der Waals surface area contributed by atoms with E-state index in [1.807, 2.05) is 52.0 Å². The maximum Gasteiger partial charge on any atom is 0.357 e. The lowest BCUT2D eigenvalue weighted by Crippen LogP contribution is -3.61. The van der Waals surface area contributed by atoms with E-state index in [-0.39, 0.29) is 33.8 Å². The predicted octanol–water partition coefficient (Wildman–Crippen LogP) is 1.34. The zero-order chi connectivity index (χ0) is 18.1. The first-order valence-corrected chi connectivity index (χ1v) is 10.7. The Morgan fingerprint density at radius 2 is 1.04 bits per heavy atom. The molecular formula is C20H26IO4+. The van der Waals surface area contributed by atoms with Crippen LogP contribution < -0.4 is 30.7 Å². The number of hydrogen-bond acceptors (Lipinski definition) is 4. The normalized spacial score (nSPS) is 13.3. The van der Waals surface area contributed by atoms with Crippen LogP contribution in [0, 0.1) is 7.14 Å². The summed E-state index contributed by atoms with van der Waals surface area (Å²) < 4.78 is 24.8. The Bertz CT molecular complexity index is 557. The summed E-state index contributed by atoms with van der Waals surface area (Å²) >= 11 is -0.227. The summed E-state index contributed by atoms with van der Waals surface area (Å²) in [6, 6.07) is 16.5. The van der Waals surface area contributed by atoms with Crippen molar-refractivity contribution in [3.63, 3.8) is 0 Å². The zero-order valence-corrected chi connectivity index (χ0v) is 17.4. The third kappa shape index (κ3) is 7.22. The van der Waals surface area contributed by atoms with Crippen LogP contribution in [0.5, 0.6) is 11.5 Å². The third-order valence-corrected chi connectivity index (χ3v) is 5.94. The molecule has 2 rings (SSSR count). The smallest absolute Gasteiger partial charge is 0.357 e. The maximum absolute atomic E-state index is 5.69. The number of benzene rings is 2. The van der Waals surface area contributed by atoms with E-state index in [0.717, 1.165) is 11.5 Å². The first-order valence-electron chi connectivity index (χ1n) is 8.52. The molecule has 0 bridgehead atoms. The molecule has 0 radical (unpaired) electrons. The number of hydrogen-bond donors (Lipinski definition) is 0. The highest BCUT2D eigenvalue weighted by Crippen LogP contribution is 2.12. The van der Waals surface area contributed by atoms with Gasteiger partial charge in [0.2, 0.25) is 0 Å².